The van der Waals surface area contributed by atoms with Gasteiger partial charge in [0.1, 0.15) is 11.6 Å². The molecule has 1 atom stereocenters. The fourth-order valence-corrected chi connectivity index (χ4v) is 1.92. The van der Waals surface area contributed by atoms with Crippen LogP contribution in [0.15, 0.2) is 24.3 Å². The summed E-state index contributed by atoms with van der Waals surface area (Å²) in [5, 5.41) is 12.1. The molecular weight excluding hydrogens is 294 g/mol. The number of halogens is 1. The zero-order valence-corrected chi connectivity index (χ0v) is 13.1. The number of ether oxygens (including phenoxy) is 1. The molecule has 5 nitrogen and oxygen atoms in total. The van der Waals surface area contributed by atoms with Gasteiger partial charge in [0.25, 0.3) is 0 Å². The molecule has 21 heavy (non-hydrogen) atoms. The number of hydrogen-bond donors (Lipinski definition) is 2. The third kappa shape index (κ3) is 6.99. The van der Waals surface area contributed by atoms with Crippen molar-refractivity contribution < 1.29 is 19.4 Å². The average Bonchev–Trinajstić information content (AvgIpc) is 2.32. The molecule has 6 heteroatoms. The molecule has 0 aliphatic carbocycles. The van der Waals surface area contributed by atoms with E-state index >= 15 is 0 Å². The average molecular weight is 314 g/mol. The van der Waals surface area contributed by atoms with E-state index in [4.69, 9.17) is 21.4 Å². The van der Waals surface area contributed by atoms with E-state index in [2.05, 4.69) is 5.32 Å². The zero-order valence-electron chi connectivity index (χ0n) is 12.4. The van der Waals surface area contributed by atoms with Crippen LogP contribution in [0.5, 0.6) is 0 Å². The molecule has 1 amide bonds. The Kier molecular flexibility index (Phi) is 6.03. The second-order valence-electron chi connectivity index (χ2n) is 5.71. The lowest BCUT2D eigenvalue weighted by molar-refractivity contribution is -0.139. The maximum absolute atomic E-state index is 11.6. The van der Waals surface area contributed by atoms with Crippen LogP contribution in [0.1, 0.15) is 32.8 Å². The van der Waals surface area contributed by atoms with Crippen molar-refractivity contribution in [2.45, 2.75) is 45.3 Å². The van der Waals surface area contributed by atoms with Crippen LogP contribution in [-0.4, -0.2) is 28.8 Å². The Morgan fingerprint density at radius 3 is 2.57 bits per heavy atom. The number of carboxylic acids is 1. The molecule has 0 aliphatic heterocycles. The number of nitrogens with one attached hydrogen (secondary N) is 1. The second kappa shape index (κ2) is 7.31. The molecule has 1 aromatic rings. The smallest absolute Gasteiger partial charge is 0.408 e. The minimum atomic E-state index is -1.09. The van der Waals surface area contributed by atoms with Crippen LogP contribution in [0.4, 0.5) is 4.79 Å². The molecule has 0 heterocycles. The molecule has 0 saturated heterocycles. The Hall–Kier alpha value is -1.75. The van der Waals surface area contributed by atoms with E-state index in [1.54, 1.807) is 39.0 Å². The Balaban J connectivity index is 2.58. The minimum absolute atomic E-state index is 0.259. The highest BCUT2D eigenvalue weighted by atomic mass is 35.5. The molecule has 0 aromatic heterocycles. The van der Waals surface area contributed by atoms with E-state index in [0.29, 0.717) is 11.4 Å². The maximum atomic E-state index is 11.6. The van der Waals surface area contributed by atoms with Gasteiger partial charge < -0.3 is 15.2 Å². The summed E-state index contributed by atoms with van der Waals surface area (Å²) in [7, 11) is 0. The molecule has 1 aromatic carbocycles. The van der Waals surface area contributed by atoms with Gasteiger partial charge in [-0.05, 0) is 51.3 Å². The summed E-state index contributed by atoms with van der Waals surface area (Å²) in [6.07, 6.45) is 0.0170. The van der Waals surface area contributed by atoms with Crippen molar-refractivity contribution in [3.05, 3.63) is 34.9 Å². The van der Waals surface area contributed by atoms with Crippen LogP contribution < -0.4 is 5.32 Å². The van der Waals surface area contributed by atoms with Gasteiger partial charge in [-0.15, -0.1) is 0 Å². The van der Waals surface area contributed by atoms with Gasteiger partial charge in [-0.1, -0.05) is 23.7 Å². The van der Waals surface area contributed by atoms with Crippen LogP contribution in [0.3, 0.4) is 0 Å². The van der Waals surface area contributed by atoms with E-state index < -0.39 is 23.7 Å². The summed E-state index contributed by atoms with van der Waals surface area (Å²) in [4.78, 5) is 22.8. The second-order valence-corrected chi connectivity index (χ2v) is 6.14. The van der Waals surface area contributed by atoms with Gasteiger partial charge in [0.2, 0.25) is 0 Å². The lowest BCUT2D eigenvalue weighted by Gasteiger charge is -2.22. The topological polar surface area (TPSA) is 75.6 Å². The molecule has 0 bridgehead atoms. The summed E-state index contributed by atoms with van der Waals surface area (Å²) >= 11 is 5.87. The number of aryl methyl sites for hydroxylation is 1. The molecule has 1 rings (SSSR count). The van der Waals surface area contributed by atoms with Gasteiger partial charge >= 0.3 is 12.1 Å². The van der Waals surface area contributed by atoms with Crippen molar-refractivity contribution in [2.24, 2.45) is 0 Å². The first kappa shape index (κ1) is 17.3. The summed E-state index contributed by atoms with van der Waals surface area (Å²) < 4.78 is 5.06. The third-order valence-electron chi connectivity index (χ3n) is 2.60. The molecular formula is C15H20ClNO4. The monoisotopic (exact) mass is 313 g/mol. The van der Waals surface area contributed by atoms with Crippen molar-refractivity contribution in [1.29, 1.82) is 0 Å². The van der Waals surface area contributed by atoms with Crippen molar-refractivity contribution in [2.75, 3.05) is 0 Å². The van der Waals surface area contributed by atoms with Crippen molar-refractivity contribution in [3.63, 3.8) is 0 Å². The van der Waals surface area contributed by atoms with E-state index in [-0.39, 0.29) is 6.42 Å². The predicted molar refractivity (Wildman–Crippen MR) is 80.6 cm³/mol. The van der Waals surface area contributed by atoms with Crippen LogP contribution in [-0.2, 0) is 16.0 Å². The lowest BCUT2D eigenvalue weighted by Crippen LogP contribution is -2.43. The standard InChI is InChI=1S/C15H20ClNO4/c1-15(2,3)21-14(20)17-12(13(18)19)8-7-10-5-4-6-11(16)9-10/h4-6,9,12H,7-8H2,1-3H3,(H,17,20)(H,18,19). The number of alkyl carbamates (subject to hydrolysis) is 1. The fourth-order valence-electron chi connectivity index (χ4n) is 1.71. The first-order chi connectivity index (χ1) is 9.67. The molecule has 2 N–H and O–H groups in total. The van der Waals surface area contributed by atoms with Crippen molar-refractivity contribution in [3.8, 4) is 0 Å². The fraction of sp³-hybridized carbons (Fsp3) is 0.467. The summed E-state index contributed by atoms with van der Waals surface area (Å²) in [5.74, 6) is -1.09. The number of carbonyl (C=O) groups is 2. The number of benzene rings is 1. The molecule has 0 aliphatic rings. The highest BCUT2D eigenvalue weighted by molar-refractivity contribution is 6.30. The number of carboxylic acid groups (broad SMARTS) is 1. The van der Waals surface area contributed by atoms with Gasteiger partial charge in [0.05, 0.1) is 0 Å². The van der Waals surface area contributed by atoms with Crippen LogP contribution in [0, 0.1) is 0 Å². The highest BCUT2D eigenvalue weighted by Crippen LogP contribution is 2.13. The van der Waals surface area contributed by atoms with Crippen LogP contribution in [0.2, 0.25) is 5.02 Å². The lowest BCUT2D eigenvalue weighted by atomic mass is 10.1. The SMILES string of the molecule is CC(C)(C)OC(=O)NC(CCc1cccc(Cl)c1)C(=O)O. The normalized spacial score (nSPS) is 12.6. The molecule has 0 fully saturated rings. The largest absolute Gasteiger partial charge is 0.480 e. The Morgan fingerprint density at radius 1 is 1.38 bits per heavy atom. The number of aliphatic carboxylic acids is 1. The quantitative estimate of drug-likeness (QED) is 0.875. The van der Waals surface area contributed by atoms with Gasteiger partial charge in [0, 0.05) is 5.02 Å². The van der Waals surface area contributed by atoms with Gasteiger partial charge in [0.15, 0.2) is 0 Å². The highest BCUT2D eigenvalue weighted by Gasteiger charge is 2.23. The zero-order chi connectivity index (χ0) is 16.0. The van der Waals surface area contributed by atoms with Gasteiger partial charge in [-0.3, -0.25) is 0 Å². The first-order valence-corrected chi connectivity index (χ1v) is 7.02. The molecule has 0 radical (unpaired) electrons. The van der Waals surface area contributed by atoms with E-state index in [1.807, 2.05) is 6.07 Å². The summed E-state index contributed by atoms with van der Waals surface area (Å²) in [6, 6.07) is 6.18. The van der Waals surface area contributed by atoms with Crippen LogP contribution in [0.25, 0.3) is 0 Å². The molecule has 1 unspecified atom stereocenters. The summed E-state index contributed by atoms with van der Waals surface area (Å²) in [5.41, 5.74) is 0.250. The number of amides is 1. The maximum Gasteiger partial charge on any atom is 0.408 e. The van der Waals surface area contributed by atoms with E-state index in [1.165, 1.54) is 0 Å². The molecule has 0 spiro atoms. The van der Waals surface area contributed by atoms with Gasteiger partial charge in [-0.25, -0.2) is 9.59 Å². The van der Waals surface area contributed by atoms with Gasteiger partial charge in [-0.2, -0.15) is 0 Å². The van der Waals surface area contributed by atoms with E-state index in [0.717, 1.165) is 5.56 Å². The first-order valence-electron chi connectivity index (χ1n) is 6.64. The number of hydrogen-bond acceptors (Lipinski definition) is 3. The summed E-state index contributed by atoms with van der Waals surface area (Å²) in [6.45, 7) is 5.15. The Labute approximate surface area is 129 Å². The third-order valence-corrected chi connectivity index (χ3v) is 2.83. The Morgan fingerprint density at radius 2 is 2.05 bits per heavy atom. The van der Waals surface area contributed by atoms with Crippen LogP contribution >= 0.6 is 11.6 Å². The molecule has 116 valence electrons. The van der Waals surface area contributed by atoms with E-state index in [9.17, 15) is 9.59 Å². The number of rotatable bonds is 5. The minimum Gasteiger partial charge on any atom is -0.480 e. The Bertz CT molecular complexity index is 511. The molecule has 0 saturated carbocycles. The number of carbonyl (C=O) groups excluding carboxylic acids is 1. The van der Waals surface area contributed by atoms with Crippen molar-refractivity contribution in [1.82, 2.24) is 5.32 Å². The van der Waals surface area contributed by atoms with Crippen molar-refractivity contribution >= 4 is 23.7 Å². The predicted octanol–water partition coefficient (Wildman–Crippen LogP) is 3.25.